The molecule has 0 unspecified atom stereocenters. The van der Waals surface area contributed by atoms with E-state index in [0.29, 0.717) is 17.5 Å². The number of pyridine rings is 1. The van der Waals surface area contributed by atoms with Crippen molar-refractivity contribution in [3.63, 3.8) is 0 Å². The van der Waals surface area contributed by atoms with Gasteiger partial charge < -0.3 is 9.80 Å². The van der Waals surface area contributed by atoms with Gasteiger partial charge in [-0.1, -0.05) is 0 Å². The number of aromatic nitrogens is 5. The van der Waals surface area contributed by atoms with Crippen LogP contribution in [0.2, 0.25) is 0 Å². The molecule has 0 N–H and O–H groups in total. The molecule has 1 saturated heterocycles. The van der Waals surface area contributed by atoms with Crippen LogP contribution in [0.25, 0.3) is 11.6 Å². The standard InChI is InChI=1S/C21H22FN7/c1-14-16-13-25-21(20-23-6-4-7-24-20)26-17(16)5-10-29(14)19-12-15(11-18(22)27-19)28-8-2-3-9-28/h4,6-7,11-14H,2-3,5,8-10H2,1H3/t14-/m0/s1. The number of halogens is 1. The van der Waals surface area contributed by atoms with Crippen LogP contribution in [0.4, 0.5) is 15.9 Å². The van der Waals surface area contributed by atoms with Crippen LogP contribution in [0.15, 0.2) is 36.8 Å². The summed E-state index contributed by atoms with van der Waals surface area (Å²) in [6.07, 6.45) is 8.24. The summed E-state index contributed by atoms with van der Waals surface area (Å²) >= 11 is 0. The second-order valence-corrected chi connectivity index (χ2v) is 7.49. The molecule has 7 nitrogen and oxygen atoms in total. The second-order valence-electron chi connectivity index (χ2n) is 7.49. The van der Waals surface area contributed by atoms with Gasteiger partial charge in [0, 0.05) is 68.0 Å². The number of anilines is 2. The molecule has 5 heterocycles. The highest BCUT2D eigenvalue weighted by Crippen LogP contribution is 2.34. The van der Waals surface area contributed by atoms with Crippen molar-refractivity contribution in [3.05, 3.63) is 54.0 Å². The highest BCUT2D eigenvalue weighted by atomic mass is 19.1. The maximum atomic E-state index is 14.3. The summed E-state index contributed by atoms with van der Waals surface area (Å²) in [6, 6.07) is 5.31. The first-order chi connectivity index (χ1) is 14.2. The van der Waals surface area contributed by atoms with Gasteiger partial charge in [-0.25, -0.2) is 24.9 Å². The fourth-order valence-electron chi connectivity index (χ4n) is 4.17. The van der Waals surface area contributed by atoms with Crippen molar-refractivity contribution in [1.82, 2.24) is 24.9 Å². The lowest BCUT2D eigenvalue weighted by Gasteiger charge is -2.36. The van der Waals surface area contributed by atoms with Crippen molar-refractivity contribution in [3.8, 4) is 11.6 Å². The Hall–Kier alpha value is -3.16. The summed E-state index contributed by atoms with van der Waals surface area (Å²) in [6.45, 7) is 4.75. The van der Waals surface area contributed by atoms with Gasteiger partial charge in [-0.05, 0) is 25.8 Å². The van der Waals surface area contributed by atoms with Crippen LogP contribution in [0, 0.1) is 5.95 Å². The highest BCUT2D eigenvalue weighted by molar-refractivity contribution is 5.57. The quantitative estimate of drug-likeness (QED) is 0.635. The topological polar surface area (TPSA) is 70.9 Å². The summed E-state index contributed by atoms with van der Waals surface area (Å²) < 4.78 is 14.3. The van der Waals surface area contributed by atoms with Crippen molar-refractivity contribution in [2.24, 2.45) is 0 Å². The Morgan fingerprint density at radius 3 is 2.55 bits per heavy atom. The van der Waals surface area contributed by atoms with E-state index in [1.807, 2.05) is 12.3 Å². The van der Waals surface area contributed by atoms with Crippen LogP contribution in [-0.2, 0) is 6.42 Å². The molecule has 0 spiro atoms. The van der Waals surface area contributed by atoms with Gasteiger partial charge in [-0.3, -0.25) is 0 Å². The molecule has 0 amide bonds. The molecular weight excluding hydrogens is 369 g/mol. The van der Waals surface area contributed by atoms with Crippen LogP contribution in [0.3, 0.4) is 0 Å². The van der Waals surface area contributed by atoms with E-state index in [2.05, 4.69) is 36.7 Å². The van der Waals surface area contributed by atoms with Crippen LogP contribution in [-0.4, -0.2) is 44.6 Å². The fourth-order valence-corrected chi connectivity index (χ4v) is 4.17. The minimum Gasteiger partial charge on any atom is -0.371 e. The molecule has 1 atom stereocenters. The Morgan fingerprint density at radius 1 is 0.966 bits per heavy atom. The maximum Gasteiger partial charge on any atom is 0.216 e. The van der Waals surface area contributed by atoms with Gasteiger partial charge in [0.25, 0.3) is 0 Å². The van der Waals surface area contributed by atoms with Crippen LogP contribution in [0.1, 0.15) is 37.1 Å². The first kappa shape index (κ1) is 17.9. The monoisotopic (exact) mass is 391 g/mol. The Labute approximate surface area is 168 Å². The number of rotatable bonds is 3. The third kappa shape index (κ3) is 3.39. The van der Waals surface area contributed by atoms with Crippen LogP contribution < -0.4 is 9.80 Å². The maximum absolute atomic E-state index is 14.3. The van der Waals surface area contributed by atoms with Crippen LogP contribution >= 0.6 is 0 Å². The zero-order valence-corrected chi connectivity index (χ0v) is 16.3. The lowest BCUT2D eigenvalue weighted by Crippen LogP contribution is -2.35. The Balaban J connectivity index is 1.45. The largest absolute Gasteiger partial charge is 0.371 e. The van der Waals surface area contributed by atoms with Gasteiger partial charge in [0.05, 0.1) is 11.7 Å². The first-order valence-corrected chi connectivity index (χ1v) is 10.0. The molecule has 0 bridgehead atoms. The van der Waals surface area contributed by atoms with E-state index in [-0.39, 0.29) is 6.04 Å². The average molecular weight is 391 g/mol. The third-order valence-electron chi connectivity index (χ3n) is 5.70. The van der Waals surface area contributed by atoms with E-state index in [1.54, 1.807) is 18.5 Å². The zero-order valence-electron chi connectivity index (χ0n) is 16.3. The minimum absolute atomic E-state index is 0.00483. The van der Waals surface area contributed by atoms with Gasteiger partial charge in [0.2, 0.25) is 5.95 Å². The van der Waals surface area contributed by atoms with Gasteiger partial charge in [0.15, 0.2) is 11.6 Å². The van der Waals surface area contributed by atoms with E-state index < -0.39 is 5.95 Å². The molecule has 29 heavy (non-hydrogen) atoms. The molecule has 3 aromatic rings. The summed E-state index contributed by atoms with van der Waals surface area (Å²) in [5, 5.41) is 0. The molecule has 8 heteroatoms. The van der Waals surface area contributed by atoms with Gasteiger partial charge in [-0.2, -0.15) is 4.39 Å². The Kier molecular flexibility index (Phi) is 4.54. The Morgan fingerprint density at radius 2 is 1.76 bits per heavy atom. The van der Waals surface area contributed by atoms with E-state index in [1.165, 1.54) is 6.07 Å². The number of hydrogen-bond donors (Lipinski definition) is 0. The number of fused-ring (bicyclic) bond motifs is 1. The van der Waals surface area contributed by atoms with Crippen molar-refractivity contribution in [2.45, 2.75) is 32.2 Å². The molecule has 0 saturated carbocycles. The summed E-state index contributed by atoms with van der Waals surface area (Å²) in [5.74, 6) is 1.29. The molecule has 5 rings (SSSR count). The fraction of sp³-hybridized carbons (Fsp3) is 0.381. The van der Waals surface area contributed by atoms with E-state index >= 15 is 0 Å². The smallest absolute Gasteiger partial charge is 0.216 e. The molecule has 3 aromatic heterocycles. The van der Waals surface area contributed by atoms with Crippen molar-refractivity contribution >= 4 is 11.5 Å². The lowest BCUT2D eigenvalue weighted by atomic mass is 9.99. The third-order valence-corrected chi connectivity index (χ3v) is 5.70. The van der Waals surface area contributed by atoms with Crippen molar-refractivity contribution < 1.29 is 4.39 Å². The predicted octanol–water partition coefficient (Wildman–Crippen LogP) is 3.19. The molecule has 0 aliphatic carbocycles. The van der Waals surface area contributed by atoms with E-state index in [0.717, 1.165) is 55.8 Å². The molecule has 2 aliphatic heterocycles. The lowest BCUT2D eigenvalue weighted by molar-refractivity contribution is 0.562. The molecule has 148 valence electrons. The summed E-state index contributed by atoms with van der Waals surface area (Å²) in [7, 11) is 0. The SMILES string of the molecule is C[C@H]1c2cnc(-c3ncccn3)nc2CCN1c1cc(N2CCCC2)cc(F)n1. The highest BCUT2D eigenvalue weighted by Gasteiger charge is 2.28. The van der Waals surface area contributed by atoms with E-state index in [9.17, 15) is 4.39 Å². The van der Waals surface area contributed by atoms with Crippen molar-refractivity contribution in [1.29, 1.82) is 0 Å². The summed E-state index contributed by atoms with van der Waals surface area (Å²) in [4.78, 5) is 26.2. The molecule has 2 aliphatic rings. The predicted molar refractivity (Wildman–Crippen MR) is 108 cm³/mol. The second kappa shape index (κ2) is 7.35. The van der Waals surface area contributed by atoms with Gasteiger partial charge in [-0.15, -0.1) is 0 Å². The first-order valence-electron chi connectivity index (χ1n) is 10.0. The number of hydrogen-bond acceptors (Lipinski definition) is 7. The summed E-state index contributed by atoms with van der Waals surface area (Å²) in [5.41, 5.74) is 2.93. The zero-order chi connectivity index (χ0) is 19.8. The Bertz CT molecular complexity index is 1020. The van der Waals surface area contributed by atoms with E-state index in [4.69, 9.17) is 4.98 Å². The molecule has 0 aromatic carbocycles. The minimum atomic E-state index is -0.435. The van der Waals surface area contributed by atoms with Crippen molar-refractivity contribution in [2.75, 3.05) is 29.4 Å². The van der Waals surface area contributed by atoms with Crippen LogP contribution in [0.5, 0.6) is 0 Å². The number of nitrogens with zero attached hydrogens (tertiary/aromatic N) is 7. The van der Waals surface area contributed by atoms with Gasteiger partial charge >= 0.3 is 0 Å². The molecular formula is C21H22FN7. The van der Waals surface area contributed by atoms with Gasteiger partial charge in [0.1, 0.15) is 5.82 Å². The molecule has 0 radical (unpaired) electrons. The average Bonchev–Trinajstić information content (AvgIpc) is 3.29. The molecule has 1 fully saturated rings. The normalized spacial score (nSPS) is 18.8.